The minimum Gasteiger partial charge on any atom is -0.440 e. The number of nitrogens with one attached hydrogen (secondary N) is 1. The molecule has 102 valence electrons. The number of oxazole rings is 1. The molecule has 0 fully saturated rings. The summed E-state index contributed by atoms with van der Waals surface area (Å²) in [4.78, 5) is 7.17. The van der Waals surface area contributed by atoms with Crippen LogP contribution in [0.3, 0.4) is 0 Å². The number of nitrogens with zero attached hydrogens (tertiary/aromatic N) is 1. The SMILES string of the molecule is CCNCCCc1ncc(-c2cc3c(s2)CCC3)o1. The third kappa shape index (κ3) is 2.90. The Balaban J connectivity index is 1.63. The quantitative estimate of drug-likeness (QED) is 0.821. The predicted molar refractivity (Wildman–Crippen MR) is 78.7 cm³/mol. The maximum Gasteiger partial charge on any atom is 0.194 e. The number of aromatic nitrogens is 1. The summed E-state index contributed by atoms with van der Waals surface area (Å²) in [6, 6.07) is 2.29. The molecule has 2 heterocycles. The zero-order valence-electron chi connectivity index (χ0n) is 11.4. The van der Waals surface area contributed by atoms with E-state index in [4.69, 9.17) is 4.42 Å². The van der Waals surface area contributed by atoms with Crippen molar-refractivity contribution in [2.45, 2.75) is 39.0 Å². The Labute approximate surface area is 118 Å². The fourth-order valence-corrected chi connectivity index (χ4v) is 3.73. The van der Waals surface area contributed by atoms with Gasteiger partial charge in [0.05, 0.1) is 11.1 Å². The monoisotopic (exact) mass is 276 g/mol. The summed E-state index contributed by atoms with van der Waals surface area (Å²) in [5, 5.41) is 3.32. The van der Waals surface area contributed by atoms with Crippen molar-refractivity contribution in [1.29, 1.82) is 0 Å². The Bertz CT molecular complexity index is 523. The van der Waals surface area contributed by atoms with E-state index in [-0.39, 0.29) is 0 Å². The van der Waals surface area contributed by atoms with E-state index in [1.807, 2.05) is 17.5 Å². The summed E-state index contributed by atoms with van der Waals surface area (Å²) in [5.41, 5.74) is 1.52. The molecule has 2 aromatic heterocycles. The lowest BCUT2D eigenvalue weighted by Crippen LogP contribution is -2.14. The van der Waals surface area contributed by atoms with E-state index in [1.165, 1.54) is 29.7 Å². The third-order valence-electron chi connectivity index (χ3n) is 3.54. The van der Waals surface area contributed by atoms with E-state index in [9.17, 15) is 0 Å². The molecule has 0 bridgehead atoms. The number of aryl methyl sites for hydroxylation is 3. The lowest BCUT2D eigenvalue weighted by Gasteiger charge is -1.98. The van der Waals surface area contributed by atoms with Gasteiger partial charge in [-0.2, -0.15) is 0 Å². The average Bonchev–Trinajstić information content (AvgIpc) is 3.08. The second-order valence-corrected chi connectivity index (χ2v) is 6.12. The topological polar surface area (TPSA) is 38.1 Å². The molecule has 0 unspecified atom stereocenters. The number of hydrogen-bond donors (Lipinski definition) is 1. The van der Waals surface area contributed by atoms with Crippen molar-refractivity contribution in [1.82, 2.24) is 10.3 Å². The van der Waals surface area contributed by atoms with Gasteiger partial charge in [-0.3, -0.25) is 0 Å². The van der Waals surface area contributed by atoms with Crippen LogP contribution >= 0.6 is 11.3 Å². The zero-order chi connectivity index (χ0) is 13.1. The van der Waals surface area contributed by atoms with Gasteiger partial charge in [0.25, 0.3) is 0 Å². The van der Waals surface area contributed by atoms with Crippen LogP contribution < -0.4 is 5.32 Å². The van der Waals surface area contributed by atoms with Crippen molar-refractivity contribution < 1.29 is 4.42 Å². The van der Waals surface area contributed by atoms with Gasteiger partial charge in [-0.25, -0.2) is 4.98 Å². The maximum absolute atomic E-state index is 5.86. The van der Waals surface area contributed by atoms with E-state index >= 15 is 0 Å². The molecular formula is C15H20N2OS. The van der Waals surface area contributed by atoms with Crippen molar-refractivity contribution in [3.63, 3.8) is 0 Å². The summed E-state index contributed by atoms with van der Waals surface area (Å²) < 4.78 is 5.86. The standard InChI is InChI=1S/C15H20N2OS/c1-2-16-8-4-7-15-17-10-12(18-15)14-9-11-5-3-6-13(11)19-14/h9-10,16H,2-8H2,1H3. The Morgan fingerprint density at radius 3 is 3.21 bits per heavy atom. The molecule has 0 saturated heterocycles. The van der Waals surface area contributed by atoms with E-state index in [0.29, 0.717) is 0 Å². The van der Waals surface area contributed by atoms with Gasteiger partial charge in [-0.15, -0.1) is 11.3 Å². The molecule has 1 aliphatic rings. The van der Waals surface area contributed by atoms with Crippen molar-refractivity contribution in [2.75, 3.05) is 13.1 Å². The molecule has 0 amide bonds. The van der Waals surface area contributed by atoms with Crippen molar-refractivity contribution in [3.05, 3.63) is 28.6 Å². The van der Waals surface area contributed by atoms with Crippen LogP contribution in [0.1, 0.15) is 36.1 Å². The molecule has 3 nitrogen and oxygen atoms in total. The highest BCUT2D eigenvalue weighted by Gasteiger charge is 2.17. The van der Waals surface area contributed by atoms with Gasteiger partial charge >= 0.3 is 0 Å². The van der Waals surface area contributed by atoms with Gasteiger partial charge in [-0.05, 0) is 50.4 Å². The summed E-state index contributed by atoms with van der Waals surface area (Å²) in [5.74, 6) is 1.80. The summed E-state index contributed by atoms with van der Waals surface area (Å²) in [6.45, 7) is 4.18. The van der Waals surface area contributed by atoms with Crippen LogP contribution in [0, 0.1) is 0 Å². The Morgan fingerprint density at radius 2 is 2.37 bits per heavy atom. The molecule has 0 atom stereocenters. The highest BCUT2D eigenvalue weighted by molar-refractivity contribution is 7.15. The van der Waals surface area contributed by atoms with Gasteiger partial charge in [-0.1, -0.05) is 6.92 Å². The van der Waals surface area contributed by atoms with Crippen LogP contribution in [0.25, 0.3) is 10.6 Å². The molecule has 0 radical (unpaired) electrons. The van der Waals surface area contributed by atoms with E-state index in [1.54, 1.807) is 4.88 Å². The largest absolute Gasteiger partial charge is 0.440 e. The third-order valence-corrected chi connectivity index (χ3v) is 4.79. The lowest BCUT2D eigenvalue weighted by molar-refractivity contribution is 0.494. The lowest BCUT2D eigenvalue weighted by atomic mass is 10.2. The first kappa shape index (κ1) is 12.9. The Hall–Kier alpha value is -1.13. The molecule has 0 aliphatic heterocycles. The predicted octanol–water partition coefficient (Wildman–Crippen LogP) is 3.43. The highest BCUT2D eigenvalue weighted by Crippen LogP contribution is 2.36. The molecule has 1 aliphatic carbocycles. The molecule has 1 N–H and O–H groups in total. The van der Waals surface area contributed by atoms with Crippen LogP contribution in [-0.2, 0) is 19.3 Å². The molecule has 0 saturated carbocycles. The van der Waals surface area contributed by atoms with Crippen LogP contribution in [0.15, 0.2) is 16.7 Å². The van der Waals surface area contributed by atoms with Crippen molar-refractivity contribution >= 4 is 11.3 Å². The first-order chi connectivity index (χ1) is 9.36. The minimum atomic E-state index is 0.862. The average molecular weight is 276 g/mol. The van der Waals surface area contributed by atoms with Gasteiger partial charge < -0.3 is 9.73 Å². The van der Waals surface area contributed by atoms with E-state index in [2.05, 4.69) is 23.3 Å². The number of hydrogen-bond acceptors (Lipinski definition) is 4. The first-order valence-electron chi connectivity index (χ1n) is 7.14. The molecule has 2 aromatic rings. The van der Waals surface area contributed by atoms with Crippen LogP contribution in [0.4, 0.5) is 0 Å². The summed E-state index contributed by atoms with van der Waals surface area (Å²) >= 11 is 1.87. The van der Waals surface area contributed by atoms with Crippen molar-refractivity contribution in [2.24, 2.45) is 0 Å². The molecule has 19 heavy (non-hydrogen) atoms. The Kier molecular flexibility index (Phi) is 3.99. The van der Waals surface area contributed by atoms with Gasteiger partial charge in [0, 0.05) is 11.3 Å². The second-order valence-electron chi connectivity index (χ2n) is 4.99. The van der Waals surface area contributed by atoms with Gasteiger partial charge in [0.1, 0.15) is 0 Å². The van der Waals surface area contributed by atoms with Crippen LogP contribution in [0.5, 0.6) is 0 Å². The first-order valence-corrected chi connectivity index (χ1v) is 7.96. The van der Waals surface area contributed by atoms with Crippen LogP contribution in [-0.4, -0.2) is 18.1 Å². The fourth-order valence-electron chi connectivity index (χ4n) is 2.53. The summed E-state index contributed by atoms with van der Waals surface area (Å²) in [6.07, 6.45) is 7.66. The summed E-state index contributed by atoms with van der Waals surface area (Å²) in [7, 11) is 0. The normalized spacial score (nSPS) is 13.9. The van der Waals surface area contributed by atoms with Gasteiger partial charge in [0.15, 0.2) is 11.7 Å². The minimum absolute atomic E-state index is 0.862. The molecular weight excluding hydrogens is 256 g/mol. The smallest absolute Gasteiger partial charge is 0.194 e. The Morgan fingerprint density at radius 1 is 1.42 bits per heavy atom. The maximum atomic E-state index is 5.86. The fraction of sp³-hybridized carbons (Fsp3) is 0.533. The highest BCUT2D eigenvalue weighted by atomic mass is 32.1. The molecule has 0 spiro atoms. The molecule has 3 rings (SSSR count). The molecule has 4 heteroatoms. The van der Waals surface area contributed by atoms with Crippen molar-refractivity contribution in [3.8, 4) is 10.6 Å². The van der Waals surface area contributed by atoms with Crippen LogP contribution in [0.2, 0.25) is 0 Å². The van der Waals surface area contributed by atoms with Gasteiger partial charge in [0.2, 0.25) is 0 Å². The second kappa shape index (κ2) is 5.88. The number of fused-ring (bicyclic) bond motifs is 1. The van der Waals surface area contributed by atoms with E-state index in [0.717, 1.165) is 37.6 Å². The zero-order valence-corrected chi connectivity index (χ0v) is 12.2. The number of rotatable bonds is 6. The van der Waals surface area contributed by atoms with E-state index < -0.39 is 0 Å². The molecule has 0 aromatic carbocycles. The number of thiophene rings is 1.